The fourth-order valence-electron chi connectivity index (χ4n) is 1.38. The average Bonchev–Trinajstić information content (AvgIpc) is 2.37. The van der Waals surface area contributed by atoms with Crippen LogP contribution in [0.1, 0.15) is 19.8 Å². The lowest BCUT2D eigenvalue weighted by molar-refractivity contribution is -0.148. The Bertz CT molecular complexity index is 157. The minimum absolute atomic E-state index is 0.0300. The molecule has 1 aliphatic heterocycles. The van der Waals surface area contributed by atoms with E-state index in [4.69, 9.17) is 14.6 Å². The van der Waals surface area contributed by atoms with E-state index in [2.05, 4.69) is 0 Å². The second kappa shape index (κ2) is 4.42. The first-order valence-electron chi connectivity index (χ1n) is 4.19. The maximum atomic E-state index is 10.4. The van der Waals surface area contributed by atoms with E-state index in [1.807, 2.05) is 6.92 Å². The fraction of sp³-hybridized carbons (Fsp3) is 0.875. The summed E-state index contributed by atoms with van der Waals surface area (Å²) in [6, 6.07) is 0. The van der Waals surface area contributed by atoms with E-state index in [1.165, 1.54) is 0 Å². The molecule has 0 bridgehead atoms. The van der Waals surface area contributed by atoms with E-state index in [1.54, 1.807) is 0 Å². The number of ether oxygens (including phenoxy) is 2. The number of aliphatic carboxylic acids is 1. The Kier molecular flexibility index (Phi) is 3.49. The smallest absolute Gasteiger partial charge is 0.303 e. The maximum absolute atomic E-state index is 10.4. The van der Waals surface area contributed by atoms with Gasteiger partial charge in [0.05, 0.1) is 13.0 Å². The van der Waals surface area contributed by atoms with Gasteiger partial charge in [-0.2, -0.15) is 0 Å². The number of hydrogen-bond acceptors (Lipinski definition) is 3. The molecule has 12 heavy (non-hydrogen) atoms. The van der Waals surface area contributed by atoms with Crippen molar-refractivity contribution in [3.63, 3.8) is 0 Å². The molecule has 4 nitrogen and oxygen atoms in total. The predicted molar refractivity (Wildman–Crippen MR) is 41.7 cm³/mol. The van der Waals surface area contributed by atoms with E-state index >= 15 is 0 Å². The summed E-state index contributed by atoms with van der Waals surface area (Å²) in [5, 5.41) is 8.55. The summed E-state index contributed by atoms with van der Waals surface area (Å²) in [4.78, 5) is 10.4. The lowest BCUT2D eigenvalue weighted by Gasteiger charge is -2.15. The first-order valence-corrected chi connectivity index (χ1v) is 4.19. The van der Waals surface area contributed by atoms with Crippen molar-refractivity contribution in [1.82, 2.24) is 0 Å². The van der Waals surface area contributed by atoms with Crippen molar-refractivity contribution < 1.29 is 19.4 Å². The second-order valence-electron chi connectivity index (χ2n) is 2.84. The van der Waals surface area contributed by atoms with E-state index in [-0.39, 0.29) is 18.6 Å². The zero-order valence-electron chi connectivity index (χ0n) is 7.16. The van der Waals surface area contributed by atoms with Crippen LogP contribution in [-0.4, -0.2) is 30.6 Å². The number of hydrogen-bond donors (Lipinski definition) is 1. The van der Waals surface area contributed by atoms with Gasteiger partial charge in [-0.25, -0.2) is 0 Å². The summed E-state index contributed by atoms with van der Waals surface area (Å²) in [5.41, 5.74) is 0. The highest BCUT2D eigenvalue weighted by Gasteiger charge is 2.30. The normalized spacial score (nSPS) is 29.1. The highest BCUT2D eigenvalue weighted by Crippen LogP contribution is 2.24. The third kappa shape index (κ3) is 2.46. The van der Waals surface area contributed by atoms with Crippen molar-refractivity contribution in [1.29, 1.82) is 0 Å². The number of carboxylic acid groups (broad SMARTS) is 1. The largest absolute Gasteiger partial charge is 0.481 e. The van der Waals surface area contributed by atoms with Gasteiger partial charge in [-0.05, 0) is 13.3 Å². The van der Waals surface area contributed by atoms with Gasteiger partial charge in [0.25, 0.3) is 0 Å². The summed E-state index contributed by atoms with van der Waals surface area (Å²) in [6.45, 7) is 3.06. The molecule has 0 saturated carbocycles. The van der Waals surface area contributed by atoms with Gasteiger partial charge in [0.2, 0.25) is 0 Å². The first kappa shape index (κ1) is 9.48. The van der Waals surface area contributed by atoms with Gasteiger partial charge in [0.1, 0.15) is 0 Å². The van der Waals surface area contributed by atoms with Crippen LogP contribution in [-0.2, 0) is 14.3 Å². The van der Waals surface area contributed by atoms with Crippen LogP contribution in [0.4, 0.5) is 0 Å². The van der Waals surface area contributed by atoms with Gasteiger partial charge < -0.3 is 14.6 Å². The molecule has 0 radical (unpaired) electrons. The summed E-state index contributed by atoms with van der Waals surface area (Å²) >= 11 is 0. The van der Waals surface area contributed by atoms with Gasteiger partial charge in [-0.1, -0.05) is 0 Å². The molecule has 2 atom stereocenters. The zero-order chi connectivity index (χ0) is 8.97. The van der Waals surface area contributed by atoms with Crippen molar-refractivity contribution in [3.05, 3.63) is 0 Å². The molecule has 0 aromatic rings. The number of carboxylic acids is 1. The fourth-order valence-corrected chi connectivity index (χ4v) is 1.38. The lowest BCUT2D eigenvalue weighted by Crippen LogP contribution is -2.22. The van der Waals surface area contributed by atoms with Crippen molar-refractivity contribution in [2.24, 2.45) is 5.92 Å². The summed E-state index contributed by atoms with van der Waals surface area (Å²) in [5.74, 6) is -0.752. The molecule has 1 rings (SSSR count). The minimum Gasteiger partial charge on any atom is -0.481 e. The van der Waals surface area contributed by atoms with E-state index in [0.717, 1.165) is 6.42 Å². The average molecular weight is 174 g/mol. The van der Waals surface area contributed by atoms with Gasteiger partial charge in [0, 0.05) is 12.5 Å². The molecule has 0 aromatic carbocycles. The number of carbonyl (C=O) groups is 1. The topological polar surface area (TPSA) is 55.8 Å². The van der Waals surface area contributed by atoms with Gasteiger partial charge in [0.15, 0.2) is 6.29 Å². The van der Waals surface area contributed by atoms with Crippen LogP contribution in [0.5, 0.6) is 0 Å². The molecular formula is C8H14O4. The van der Waals surface area contributed by atoms with Gasteiger partial charge in [-0.3, -0.25) is 4.79 Å². The minimum atomic E-state index is -0.782. The molecule has 0 aliphatic carbocycles. The summed E-state index contributed by atoms with van der Waals surface area (Å²) < 4.78 is 10.5. The monoisotopic (exact) mass is 174 g/mol. The van der Waals surface area contributed by atoms with Crippen LogP contribution in [0.3, 0.4) is 0 Å². The van der Waals surface area contributed by atoms with Crippen LogP contribution in [0.15, 0.2) is 0 Å². The number of rotatable bonds is 4. The Morgan fingerprint density at radius 1 is 1.75 bits per heavy atom. The summed E-state index contributed by atoms with van der Waals surface area (Å²) in [6.07, 6.45) is 0.632. The zero-order valence-corrected chi connectivity index (χ0v) is 7.16. The molecule has 0 spiro atoms. The van der Waals surface area contributed by atoms with Crippen LogP contribution in [0.2, 0.25) is 0 Å². The third-order valence-electron chi connectivity index (χ3n) is 1.92. The van der Waals surface area contributed by atoms with Crippen LogP contribution < -0.4 is 0 Å². The Hall–Kier alpha value is -0.610. The molecule has 1 fully saturated rings. The molecule has 1 aliphatic rings. The molecule has 1 unspecified atom stereocenters. The SMILES string of the molecule is CCOC1OCC[C@@H]1CC(=O)O. The molecule has 0 amide bonds. The van der Waals surface area contributed by atoms with Crippen molar-refractivity contribution in [2.45, 2.75) is 26.1 Å². The van der Waals surface area contributed by atoms with Crippen LogP contribution >= 0.6 is 0 Å². The molecule has 1 heterocycles. The Labute approximate surface area is 71.5 Å². The Morgan fingerprint density at radius 3 is 3.08 bits per heavy atom. The Balaban J connectivity index is 2.35. The van der Waals surface area contributed by atoms with Crippen LogP contribution in [0.25, 0.3) is 0 Å². The van der Waals surface area contributed by atoms with E-state index < -0.39 is 5.97 Å². The van der Waals surface area contributed by atoms with Crippen LogP contribution in [0, 0.1) is 5.92 Å². The van der Waals surface area contributed by atoms with E-state index in [9.17, 15) is 4.79 Å². The molecule has 1 saturated heterocycles. The molecular weight excluding hydrogens is 160 g/mol. The second-order valence-corrected chi connectivity index (χ2v) is 2.84. The highest BCUT2D eigenvalue weighted by molar-refractivity contribution is 5.67. The first-order chi connectivity index (χ1) is 5.74. The van der Waals surface area contributed by atoms with Crippen molar-refractivity contribution in [2.75, 3.05) is 13.2 Å². The quantitative estimate of drug-likeness (QED) is 0.686. The third-order valence-corrected chi connectivity index (χ3v) is 1.92. The highest BCUT2D eigenvalue weighted by atomic mass is 16.7. The lowest BCUT2D eigenvalue weighted by atomic mass is 10.0. The molecule has 0 aromatic heterocycles. The summed E-state index contributed by atoms with van der Waals surface area (Å²) in [7, 11) is 0. The standard InChI is InChI=1S/C8H14O4/c1-2-11-8-6(3-4-12-8)5-7(9)10/h6,8H,2-5H2,1H3,(H,9,10)/t6-,8?/m1/s1. The Morgan fingerprint density at radius 2 is 2.50 bits per heavy atom. The van der Waals surface area contributed by atoms with Gasteiger partial charge >= 0.3 is 5.97 Å². The molecule has 4 heteroatoms. The van der Waals surface area contributed by atoms with E-state index in [0.29, 0.717) is 13.2 Å². The van der Waals surface area contributed by atoms with Gasteiger partial charge in [-0.15, -0.1) is 0 Å². The molecule has 70 valence electrons. The predicted octanol–water partition coefficient (Wildman–Crippen LogP) is 0.860. The maximum Gasteiger partial charge on any atom is 0.303 e. The molecule has 1 N–H and O–H groups in total. The van der Waals surface area contributed by atoms with Crippen molar-refractivity contribution >= 4 is 5.97 Å². The van der Waals surface area contributed by atoms with Crippen molar-refractivity contribution in [3.8, 4) is 0 Å².